The summed E-state index contributed by atoms with van der Waals surface area (Å²) >= 11 is 1.64. The second-order valence-corrected chi connectivity index (χ2v) is 11.2. The molecule has 3 aliphatic rings. The van der Waals surface area contributed by atoms with Crippen LogP contribution in [0, 0.1) is 11.8 Å². The van der Waals surface area contributed by atoms with E-state index in [4.69, 9.17) is 4.74 Å². The third-order valence-corrected chi connectivity index (χ3v) is 9.57. The zero-order valence-electron chi connectivity index (χ0n) is 21.0. The van der Waals surface area contributed by atoms with Crippen LogP contribution >= 0.6 is 11.8 Å². The van der Waals surface area contributed by atoms with Gasteiger partial charge in [0.25, 0.3) is 5.91 Å². The molecule has 3 fully saturated rings. The molecular formula is C27H35N3O5S. The highest BCUT2D eigenvalue weighted by Crippen LogP contribution is 2.66. The lowest BCUT2D eigenvalue weighted by Gasteiger charge is -2.37. The second kappa shape index (κ2) is 10.7. The van der Waals surface area contributed by atoms with Crippen molar-refractivity contribution in [1.29, 1.82) is 0 Å². The van der Waals surface area contributed by atoms with Gasteiger partial charge in [-0.25, -0.2) is 0 Å². The van der Waals surface area contributed by atoms with E-state index in [1.165, 1.54) is 0 Å². The monoisotopic (exact) mass is 513 g/mol. The number of carbonyl (C=O) groups is 3. The lowest BCUT2D eigenvalue weighted by Crippen LogP contribution is -2.55. The van der Waals surface area contributed by atoms with Crippen molar-refractivity contribution >= 4 is 35.2 Å². The zero-order valence-corrected chi connectivity index (χ0v) is 21.8. The molecule has 5 atom stereocenters. The molecule has 3 saturated heterocycles. The van der Waals surface area contributed by atoms with Gasteiger partial charge < -0.3 is 24.5 Å². The Labute approximate surface area is 216 Å². The van der Waals surface area contributed by atoms with E-state index in [9.17, 15) is 19.5 Å². The van der Waals surface area contributed by atoms with Crippen molar-refractivity contribution in [1.82, 2.24) is 9.80 Å². The number of aliphatic hydroxyl groups is 1. The average Bonchev–Trinajstić information content (AvgIpc) is 3.52. The smallest absolute Gasteiger partial charge is 0.251 e. The number of thioether (sulfide) groups is 1. The van der Waals surface area contributed by atoms with Gasteiger partial charge in [0.2, 0.25) is 11.8 Å². The van der Waals surface area contributed by atoms with Gasteiger partial charge in [0.05, 0.1) is 23.7 Å². The van der Waals surface area contributed by atoms with E-state index in [1.54, 1.807) is 64.9 Å². The quantitative estimate of drug-likeness (QED) is 0.457. The van der Waals surface area contributed by atoms with Gasteiger partial charge in [-0.2, -0.15) is 0 Å². The Morgan fingerprint density at radius 1 is 1.22 bits per heavy atom. The predicted octanol–water partition coefficient (Wildman–Crippen LogP) is 2.33. The number of carbonyl (C=O) groups excluding carboxylic acids is 3. The number of fused-ring (bicyclic) bond motifs is 1. The van der Waals surface area contributed by atoms with Crippen LogP contribution in [-0.4, -0.2) is 89.1 Å². The number of methoxy groups -OCH3 is 1. The van der Waals surface area contributed by atoms with E-state index in [0.29, 0.717) is 30.8 Å². The van der Waals surface area contributed by atoms with Gasteiger partial charge in [0.15, 0.2) is 0 Å². The normalized spacial score (nSPS) is 28.1. The summed E-state index contributed by atoms with van der Waals surface area (Å²) in [6, 6.07) is 6.51. The third-order valence-electron chi connectivity index (χ3n) is 7.62. The molecule has 3 heterocycles. The topological polar surface area (TPSA) is 90.4 Å². The zero-order chi connectivity index (χ0) is 26.0. The Balaban J connectivity index is 1.74. The minimum absolute atomic E-state index is 0.00264. The Hall–Kier alpha value is -2.78. The molecule has 1 aromatic carbocycles. The van der Waals surface area contributed by atoms with Gasteiger partial charge >= 0.3 is 0 Å². The van der Waals surface area contributed by atoms with Gasteiger partial charge in [-0.3, -0.25) is 14.4 Å². The molecule has 0 saturated carbocycles. The summed E-state index contributed by atoms with van der Waals surface area (Å²) in [5, 5.41) is 9.53. The van der Waals surface area contributed by atoms with Crippen LogP contribution in [0.2, 0.25) is 0 Å². The molecule has 36 heavy (non-hydrogen) atoms. The van der Waals surface area contributed by atoms with E-state index < -0.39 is 22.6 Å². The fourth-order valence-electron chi connectivity index (χ4n) is 6.10. The van der Waals surface area contributed by atoms with E-state index >= 15 is 0 Å². The number of ether oxygens (including phenoxy) is 1. The highest BCUT2D eigenvalue weighted by Gasteiger charge is 2.73. The van der Waals surface area contributed by atoms with Gasteiger partial charge in [-0.1, -0.05) is 12.2 Å². The van der Waals surface area contributed by atoms with Crippen molar-refractivity contribution < 1.29 is 24.2 Å². The summed E-state index contributed by atoms with van der Waals surface area (Å²) in [5.41, 5.74) is 0.686. The number of likely N-dealkylation sites (tertiary alicyclic amines) is 1. The first-order chi connectivity index (χ1) is 17.3. The SMILES string of the molecule is C=CCN(C)C(=O)[C@@H]1[C@@H]2CCC3(S2)C(C(=O)N(CC=C)c2ccc(OC)cc2)N(CCCO)C(=O)[C@H]13. The van der Waals surface area contributed by atoms with Gasteiger partial charge in [-0.15, -0.1) is 24.9 Å². The largest absolute Gasteiger partial charge is 0.497 e. The molecule has 0 radical (unpaired) electrons. The van der Waals surface area contributed by atoms with Gasteiger partial charge in [-0.05, 0) is 43.5 Å². The third kappa shape index (κ3) is 4.22. The summed E-state index contributed by atoms with van der Waals surface area (Å²) in [6.45, 7) is 8.44. The molecule has 1 N–H and O–H groups in total. The van der Waals surface area contributed by atoms with Crippen molar-refractivity contribution in [2.24, 2.45) is 11.8 Å². The summed E-state index contributed by atoms with van der Waals surface area (Å²) < 4.78 is 4.59. The Kier molecular flexibility index (Phi) is 7.80. The van der Waals surface area contributed by atoms with Crippen molar-refractivity contribution in [3.05, 3.63) is 49.6 Å². The summed E-state index contributed by atoms with van der Waals surface area (Å²) in [5.74, 6) is -0.760. The average molecular weight is 514 g/mol. The lowest BCUT2D eigenvalue weighted by atomic mass is 9.70. The van der Waals surface area contributed by atoms with Crippen molar-refractivity contribution in [3.63, 3.8) is 0 Å². The molecule has 1 spiro atoms. The number of anilines is 1. The first-order valence-electron chi connectivity index (χ1n) is 12.4. The number of aliphatic hydroxyl groups excluding tert-OH is 1. The minimum Gasteiger partial charge on any atom is -0.497 e. The van der Waals surface area contributed by atoms with Crippen molar-refractivity contribution in [2.45, 2.75) is 35.3 Å². The maximum Gasteiger partial charge on any atom is 0.251 e. The highest BCUT2D eigenvalue weighted by molar-refractivity contribution is 8.02. The van der Waals surface area contributed by atoms with Gasteiger partial charge in [0, 0.05) is 44.2 Å². The van der Waals surface area contributed by atoms with Crippen LogP contribution in [0.15, 0.2) is 49.6 Å². The summed E-state index contributed by atoms with van der Waals surface area (Å²) in [4.78, 5) is 46.6. The number of likely N-dealkylation sites (N-methyl/N-ethyl adjacent to an activating group) is 1. The Morgan fingerprint density at radius 2 is 1.92 bits per heavy atom. The van der Waals surface area contributed by atoms with E-state index in [1.807, 2.05) is 12.1 Å². The highest BCUT2D eigenvalue weighted by atomic mass is 32.2. The number of hydrogen-bond acceptors (Lipinski definition) is 6. The van der Waals surface area contributed by atoms with Crippen LogP contribution in [0.25, 0.3) is 0 Å². The van der Waals surface area contributed by atoms with Crippen LogP contribution < -0.4 is 9.64 Å². The predicted molar refractivity (Wildman–Crippen MR) is 141 cm³/mol. The molecule has 3 aliphatic heterocycles. The maximum atomic E-state index is 14.3. The molecule has 0 aromatic heterocycles. The van der Waals surface area contributed by atoms with E-state index in [0.717, 1.165) is 6.42 Å². The lowest BCUT2D eigenvalue weighted by molar-refractivity contribution is -0.143. The summed E-state index contributed by atoms with van der Waals surface area (Å²) in [7, 11) is 3.32. The molecule has 8 nitrogen and oxygen atoms in total. The standard InChI is InChI=1S/C27H35N3O5S/c1-5-14-28(3)24(32)21-20-12-13-27(36-20)22(21)25(33)30(16-7-17-31)23(27)26(34)29(15-6-2)18-8-10-19(35-4)11-9-18/h5-6,8-11,20-23,31H,1-2,7,12-17H2,3-4H3/t20-,21+,22-,23?,27?/m0/s1. The molecule has 9 heteroatoms. The molecule has 3 amide bonds. The molecule has 2 bridgehead atoms. The molecule has 194 valence electrons. The van der Waals surface area contributed by atoms with Crippen LogP contribution in [0.4, 0.5) is 5.69 Å². The molecule has 2 unspecified atom stereocenters. The molecule has 4 rings (SSSR count). The van der Waals surface area contributed by atoms with E-state index in [-0.39, 0.29) is 42.7 Å². The fraction of sp³-hybridized carbons (Fsp3) is 0.519. The van der Waals surface area contributed by atoms with Crippen LogP contribution in [0.1, 0.15) is 19.3 Å². The Bertz CT molecular complexity index is 1030. The number of hydrogen-bond donors (Lipinski definition) is 1. The Morgan fingerprint density at radius 3 is 2.53 bits per heavy atom. The number of nitrogens with zero attached hydrogens (tertiary/aromatic N) is 3. The first-order valence-corrected chi connectivity index (χ1v) is 13.2. The number of benzene rings is 1. The number of amides is 3. The van der Waals surface area contributed by atoms with E-state index in [2.05, 4.69) is 13.2 Å². The summed E-state index contributed by atoms with van der Waals surface area (Å²) in [6.07, 6.45) is 5.19. The molecule has 0 aliphatic carbocycles. The van der Waals surface area contributed by atoms with Crippen LogP contribution in [0.5, 0.6) is 5.75 Å². The molecule has 1 aromatic rings. The number of rotatable bonds is 11. The van der Waals surface area contributed by atoms with Crippen LogP contribution in [0.3, 0.4) is 0 Å². The van der Waals surface area contributed by atoms with Crippen molar-refractivity contribution in [2.75, 3.05) is 45.3 Å². The maximum absolute atomic E-state index is 14.3. The van der Waals surface area contributed by atoms with Gasteiger partial charge in [0.1, 0.15) is 11.8 Å². The molecular weight excluding hydrogens is 478 g/mol. The second-order valence-electron chi connectivity index (χ2n) is 9.61. The minimum atomic E-state index is -0.721. The van der Waals surface area contributed by atoms with Crippen LogP contribution in [-0.2, 0) is 14.4 Å². The van der Waals surface area contributed by atoms with Crippen molar-refractivity contribution in [3.8, 4) is 5.75 Å². The first kappa shape index (κ1) is 26.3. The fourth-order valence-corrected chi connectivity index (χ4v) is 8.30.